The molecule has 51 heavy (non-hydrogen) atoms. The number of carbonyl (C=O) groups is 3. The van der Waals surface area contributed by atoms with Crippen LogP contribution in [0.5, 0.6) is 11.5 Å². The molecular formula is C36H36Cl3FN4O7. The molecule has 3 aliphatic rings. The molecule has 0 spiro atoms. The quantitative estimate of drug-likeness (QED) is 0.0885. The van der Waals surface area contributed by atoms with E-state index in [1.54, 1.807) is 10.6 Å². The molecule has 0 saturated carbocycles. The average Bonchev–Trinajstić information content (AvgIpc) is 3.58. The summed E-state index contributed by atoms with van der Waals surface area (Å²) in [7, 11) is 0. The molecule has 2 aromatic carbocycles. The van der Waals surface area contributed by atoms with Gasteiger partial charge in [-0.15, -0.1) is 11.5 Å². The van der Waals surface area contributed by atoms with Gasteiger partial charge in [-0.25, -0.2) is 18.9 Å². The minimum Gasteiger partial charge on any atom is -0.480 e. The van der Waals surface area contributed by atoms with Crippen LogP contribution in [0.2, 0.25) is 15.1 Å². The first-order valence-corrected chi connectivity index (χ1v) is 17.8. The number of rotatable bonds is 11. The minimum absolute atomic E-state index is 0.000883. The Morgan fingerprint density at radius 3 is 2.20 bits per heavy atom. The lowest BCUT2D eigenvalue weighted by atomic mass is 9.93. The van der Waals surface area contributed by atoms with Gasteiger partial charge in [0.2, 0.25) is 0 Å². The minimum atomic E-state index is -0.814. The van der Waals surface area contributed by atoms with Gasteiger partial charge in [-0.1, -0.05) is 60.5 Å². The fourth-order valence-electron chi connectivity index (χ4n) is 5.94. The smallest absolute Gasteiger partial charge is 0.350 e. The SMILES string of the molecule is C#CCOc1cc(-n2nc3n(c2=O)CCCC3)c(Cl)cc1Cl.CCCCCOC(=O)COc1cc(N2C(=O)C3=C(CCCC3)C2=O)c(F)cc1Cl. The number of esters is 1. The van der Waals surface area contributed by atoms with Crippen LogP contribution in [0.4, 0.5) is 10.1 Å². The van der Waals surface area contributed by atoms with Crippen molar-refractivity contribution in [1.29, 1.82) is 0 Å². The van der Waals surface area contributed by atoms with Crippen LogP contribution >= 0.6 is 34.8 Å². The van der Waals surface area contributed by atoms with Crippen molar-refractivity contribution in [2.75, 3.05) is 24.7 Å². The number of hydrogen-bond acceptors (Lipinski definition) is 8. The normalized spacial score (nSPS) is 15.1. The predicted molar refractivity (Wildman–Crippen MR) is 190 cm³/mol. The summed E-state index contributed by atoms with van der Waals surface area (Å²) in [6.07, 6.45) is 13.4. The number of aryl methyl sites for hydroxylation is 1. The summed E-state index contributed by atoms with van der Waals surface area (Å²) in [5, 5.41) is 4.97. The molecule has 1 aromatic heterocycles. The van der Waals surface area contributed by atoms with E-state index in [1.165, 1.54) is 16.8 Å². The van der Waals surface area contributed by atoms with Gasteiger partial charge < -0.3 is 14.2 Å². The lowest BCUT2D eigenvalue weighted by Gasteiger charge is -2.18. The first-order valence-electron chi connectivity index (χ1n) is 16.7. The van der Waals surface area contributed by atoms with Crippen LogP contribution in [-0.4, -0.2) is 52.0 Å². The molecule has 0 bridgehead atoms. The molecule has 15 heteroatoms. The molecule has 0 fully saturated rings. The van der Waals surface area contributed by atoms with Gasteiger partial charge in [-0.2, -0.15) is 4.68 Å². The second-order valence-corrected chi connectivity index (χ2v) is 13.2. The highest BCUT2D eigenvalue weighted by Gasteiger charge is 2.41. The maximum Gasteiger partial charge on any atom is 0.350 e. The van der Waals surface area contributed by atoms with Gasteiger partial charge in [0.05, 0.1) is 33.0 Å². The topological polar surface area (TPSA) is 122 Å². The van der Waals surface area contributed by atoms with Crippen molar-refractivity contribution in [3.8, 4) is 29.5 Å². The largest absolute Gasteiger partial charge is 0.480 e. The van der Waals surface area contributed by atoms with Gasteiger partial charge in [0.1, 0.15) is 29.7 Å². The van der Waals surface area contributed by atoms with E-state index in [1.807, 2.05) is 6.92 Å². The Morgan fingerprint density at radius 1 is 0.882 bits per heavy atom. The predicted octanol–water partition coefficient (Wildman–Crippen LogP) is 7.02. The third-order valence-corrected chi connectivity index (χ3v) is 9.39. The molecule has 3 aromatic rings. The molecule has 270 valence electrons. The summed E-state index contributed by atoms with van der Waals surface area (Å²) >= 11 is 18.3. The van der Waals surface area contributed by atoms with Crippen molar-refractivity contribution < 1.29 is 33.0 Å². The van der Waals surface area contributed by atoms with Crippen molar-refractivity contribution in [2.24, 2.45) is 0 Å². The van der Waals surface area contributed by atoms with E-state index >= 15 is 0 Å². The molecule has 2 amide bonds. The molecule has 0 saturated heterocycles. The molecule has 2 aliphatic heterocycles. The fourth-order valence-corrected chi connectivity index (χ4v) is 6.67. The molecular weight excluding hydrogens is 726 g/mol. The van der Waals surface area contributed by atoms with Gasteiger partial charge in [0.25, 0.3) is 11.8 Å². The number of imide groups is 1. The molecule has 1 aliphatic carbocycles. The van der Waals surface area contributed by atoms with Crippen LogP contribution in [0.3, 0.4) is 0 Å². The Bertz CT molecular complexity index is 1940. The Hall–Kier alpha value is -4.31. The van der Waals surface area contributed by atoms with Crippen molar-refractivity contribution in [3.63, 3.8) is 0 Å². The number of benzene rings is 2. The molecule has 0 unspecified atom stereocenters. The van der Waals surface area contributed by atoms with E-state index in [2.05, 4.69) is 11.0 Å². The van der Waals surface area contributed by atoms with Gasteiger partial charge in [0, 0.05) is 36.2 Å². The Labute approximate surface area is 309 Å². The first kappa shape index (κ1) is 37.9. The van der Waals surface area contributed by atoms with E-state index in [0.717, 1.165) is 68.2 Å². The zero-order valence-corrected chi connectivity index (χ0v) is 30.2. The maximum absolute atomic E-state index is 14.5. The summed E-state index contributed by atoms with van der Waals surface area (Å²) in [6, 6.07) is 5.25. The van der Waals surface area contributed by atoms with Crippen LogP contribution in [0.15, 0.2) is 40.2 Å². The number of aromatic nitrogens is 3. The number of carbonyl (C=O) groups excluding carboxylic acids is 3. The summed E-state index contributed by atoms with van der Waals surface area (Å²) < 4.78 is 33.3. The molecule has 3 heterocycles. The standard InChI is InChI=1S/C21H23ClFNO5.C15H13Cl2N3O2/c1-2-3-6-9-28-19(25)12-29-18-11-17(16(23)10-15(18)22)24-20(26)13-7-4-5-8-14(13)21(24)27;1-2-7-22-13-9-12(10(16)8-11(13)17)20-15(21)19-6-4-3-5-14(19)18-20/h10-11H,2-9,12H2,1H3;1,8-9H,3-7H2. The van der Waals surface area contributed by atoms with Gasteiger partial charge >= 0.3 is 11.7 Å². The highest BCUT2D eigenvalue weighted by atomic mass is 35.5. The van der Waals surface area contributed by atoms with Gasteiger partial charge in [0.15, 0.2) is 6.61 Å². The van der Waals surface area contributed by atoms with E-state index < -0.39 is 30.2 Å². The summed E-state index contributed by atoms with van der Waals surface area (Å²) in [6.45, 7) is 2.69. The molecule has 11 nitrogen and oxygen atoms in total. The maximum atomic E-state index is 14.5. The van der Waals surface area contributed by atoms with Gasteiger partial charge in [-0.3, -0.25) is 14.2 Å². The lowest BCUT2D eigenvalue weighted by molar-refractivity contribution is -0.146. The monoisotopic (exact) mass is 760 g/mol. The van der Waals surface area contributed by atoms with Crippen LogP contribution in [0, 0.1) is 18.2 Å². The highest BCUT2D eigenvalue weighted by molar-refractivity contribution is 6.36. The summed E-state index contributed by atoms with van der Waals surface area (Å²) in [4.78, 5) is 50.4. The highest BCUT2D eigenvalue weighted by Crippen LogP contribution is 2.39. The van der Waals surface area contributed by atoms with E-state index in [4.69, 9.17) is 55.4 Å². The van der Waals surface area contributed by atoms with E-state index in [-0.39, 0.29) is 28.8 Å². The zero-order valence-electron chi connectivity index (χ0n) is 27.9. The third-order valence-electron chi connectivity index (χ3n) is 8.50. The summed E-state index contributed by atoms with van der Waals surface area (Å²) in [5.74, 6) is 1.11. The molecule has 0 radical (unpaired) electrons. The number of halogens is 4. The lowest BCUT2D eigenvalue weighted by Crippen LogP contribution is -2.32. The number of amides is 2. The fraction of sp³-hybridized carbons (Fsp3) is 0.417. The van der Waals surface area contributed by atoms with Crippen LogP contribution < -0.4 is 20.1 Å². The van der Waals surface area contributed by atoms with Crippen LogP contribution in [0.25, 0.3) is 5.69 Å². The number of nitrogens with zero attached hydrogens (tertiary/aromatic N) is 4. The Balaban J connectivity index is 0.000000205. The second kappa shape index (κ2) is 17.3. The zero-order chi connectivity index (χ0) is 36.7. The Morgan fingerprint density at radius 2 is 1.53 bits per heavy atom. The van der Waals surface area contributed by atoms with Gasteiger partial charge in [-0.05, 0) is 57.1 Å². The second-order valence-electron chi connectivity index (χ2n) is 12.0. The molecule has 6 rings (SSSR count). The van der Waals surface area contributed by atoms with E-state index in [0.29, 0.717) is 58.6 Å². The third kappa shape index (κ3) is 8.60. The van der Waals surface area contributed by atoms with Crippen molar-refractivity contribution in [1.82, 2.24) is 14.3 Å². The number of hydrogen-bond donors (Lipinski definition) is 0. The number of unbranched alkanes of at least 4 members (excludes halogenated alkanes) is 2. The number of ether oxygens (including phenoxy) is 3. The Kier molecular flexibility index (Phi) is 12.8. The molecule has 0 atom stereocenters. The van der Waals surface area contributed by atoms with Crippen molar-refractivity contribution in [3.05, 3.63) is 72.6 Å². The number of anilines is 1. The average molecular weight is 762 g/mol. The summed E-state index contributed by atoms with van der Waals surface area (Å²) in [5.41, 5.74) is 0.902. The van der Waals surface area contributed by atoms with Crippen molar-refractivity contribution >= 4 is 58.3 Å². The first-order chi connectivity index (χ1) is 24.5. The van der Waals surface area contributed by atoms with Crippen LogP contribution in [-0.2, 0) is 32.1 Å². The van der Waals surface area contributed by atoms with Crippen molar-refractivity contribution in [2.45, 2.75) is 77.7 Å². The number of terminal acetylenes is 1. The van der Waals surface area contributed by atoms with E-state index in [9.17, 15) is 23.6 Å². The number of fused-ring (bicyclic) bond motifs is 1. The molecule has 0 N–H and O–H groups in total. The van der Waals surface area contributed by atoms with Crippen LogP contribution in [0.1, 0.15) is 70.5 Å².